The molecule has 0 fully saturated rings. The van der Waals surface area contributed by atoms with E-state index in [1.807, 2.05) is 10.8 Å². The number of hydrogen-bond acceptors (Lipinski definition) is 4. The molecule has 8 heteroatoms. The average Bonchev–Trinajstić information content (AvgIpc) is 3.15. The molecular formula is C14H7F3N4S. The molecule has 0 aliphatic heterocycles. The molecule has 0 unspecified atom stereocenters. The minimum Gasteiger partial charge on any atom is -0.268 e. The van der Waals surface area contributed by atoms with E-state index in [2.05, 4.69) is 15.2 Å². The van der Waals surface area contributed by atoms with Gasteiger partial charge in [0.2, 0.25) is 5.82 Å². The van der Waals surface area contributed by atoms with Gasteiger partial charge < -0.3 is 0 Å². The van der Waals surface area contributed by atoms with E-state index in [-0.39, 0.29) is 5.65 Å². The van der Waals surface area contributed by atoms with Gasteiger partial charge in [0.15, 0.2) is 5.65 Å². The van der Waals surface area contributed by atoms with Crippen molar-refractivity contribution in [2.24, 2.45) is 0 Å². The standard InChI is InChI=1S/C14H7F3N4S/c15-14(16,17)13-20-19-12-11(8-5-6-22-7-8)18-9-3-1-2-4-10(9)21(12)13/h1-7H. The fourth-order valence-corrected chi connectivity index (χ4v) is 3.00. The Morgan fingerprint density at radius 3 is 2.59 bits per heavy atom. The maximum atomic E-state index is 13.2. The van der Waals surface area contributed by atoms with Crippen LogP contribution in [0, 0.1) is 0 Å². The molecule has 0 amide bonds. The fourth-order valence-electron chi connectivity index (χ4n) is 2.36. The first kappa shape index (κ1) is 13.2. The van der Waals surface area contributed by atoms with Crippen molar-refractivity contribution in [3.63, 3.8) is 0 Å². The molecule has 0 saturated carbocycles. The summed E-state index contributed by atoms with van der Waals surface area (Å²) in [7, 11) is 0. The van der Waals surface area contributed by atoms with Gasteiger partial charge in [-0.3, -0.25) is 4.40 Å². The number of alkyl halides is 3. The lowest BCUT2D eigenvalue weighted by Crippen LogP contribution is -2.11. The lowest BCUT2D eigenvalue weighted by Gasteiger charge is -2.09. The summed E-state index contributed by atoms with van der Waals surface area (Å²) in [5.41, 5.74) is 2.00. The third-order valence-corrected chi connectivity index (χ3v) is 3.96. The highest BCUT2D eigenvalue weighted by Gasteiger charge is 2.38. The molecule has 4 rings (SSSR count). The van der Waals surface area contributed by atoms with Crippen LogP contribution in [-0.2, 0) is 6.18 Å². The van der Waals surface area contributed by atoms with Crippen LogP contribution in [0.5, 0.6) is 0 Å². The largest absolute Gasteiger partial charge is 0.452 e. The number of para-hydroxylation sites is 2. The number of hydrogen-bond donors (Lipinski definition) is 0. The summed E-state index contributed by atoms with van der Waals surface area (Å²) in [6, 6.07) is 8.43. The summed E-state index contributed by atoms with van der Waals surface area (Å²) in [5, 5.41) is 10.7. The predicted molar refractivity (Wildman–Crippen MR) is 76.6 cm³/mol. The lowest BCUT2D eigenvalue weighted by molar-refractivity contribution is -0.145. The van der Waals surface area contributed by atoms with Gasteiger partial charge in [0.05, 0.1) is 11.0 Å². The molecular weight excluding hydrogens is 313 g/mol. The normalized spacial score (nSPS) is 12.3. The molecule has 0 N–H and O–H groups in total. The second-order valence-electron chi connectivity index (χ2n) is 4.64. The van der Waals surface area contributed by atoms with Crippen LogP contribution in [0.15, 0.2) is 41.1 Å². The highest BCUT2D eigenvalue weighted by Crippen LogP contribution is 2.33. The van der Waals surface area contributed by atoms with E-state index in [0.717, 1.165) is 9.96 Å². The number of fused-ring (bicyclic) bond motifs is 3. The first-order chi connectivity index (χ1) is 10.6. The highest BCUT2D eigenvalue weighted by atomic mass is 32.1. The monoisotopic (exact) mass is 320 g/mol. The van der Waals surface area contributed by atoms with Crippen LogP contribution in [0.2, 0.25) is 0 Å². The summed E-state index contributed by atoms with van der Waals surface area (Å²) in [6.07, 6.45) is -4.59. The topological polar surface area (TPSA) is 43.1 Å². The Balaban J connectivity index is 2.20. The summed E-state index contributed by atoms with van der Waals surface area (Å²) >= 11 is 1.44. The van der Waals surface area contributed by atoms with Gasteiger partial charge in [0, 0.05) is 10.9 Å². The minimum absolute atomic E-state index is 0.101. The van der Waals surface area contributed by atoms with Gasteiger partial charge in [-0.1, -0.05) is 12.1 Å². The Labute approximate surface area is 125 Å². The summed E-state index contributed by atoms with van der Waals surface area (Å²) in [6.45, 7) is 0. The van der Waals surface area contributed by atoms with Crippen molar-refractivity contribution in [2.75, 3.05) is 0 Å². The van der Waals surface area contributed by atoms with E-state index in [1.54, 1.807) is 30.3 Å². The van der Waals surface area contributed by atoms with Crippen molar-refractivity contribution in [1.82, 2.24) is 19.6 Å². The molecule has 3 aromatic heterocycles. The number of aromatic nitrogens is 4. The summed E-state index contributed by atoms with van der Waals surface area (Å²) < 4.78 is 40.7. The second-order valence-corrected chi connectivity index (χ2v) is 5.42. The number of thiophene rings is 1. The van der Waals surface area contributed by atoms with Crippen LogP contribution in [-0.4, -0.2) is 19.6 Å². The van der Waals surface area contributed by atoms with E-state index >= 15 is 0 Å². The van der Waals surface area contributed by atoms with Crippen molar-refractivity contribution >= 4 is 28.0 Å². The van der Waals surface area contributed by atoms with Gasteiger partial charge in [-0.05, 0) is 23.6 Å². The molecule has 4 aromatic rings. The minimum atomic E-state index is -4.59. The number of benzene rings is 1. The van der Waals surface area contributed by atoms with Crippen molar-refractivity contribution in [2.45, 2.75) is 6.18 Å². The molecule has 0 radical (unpaired) electrons. The van der Waals surface area contributed by atoms with Crippen LogP contribution >= 0.6 is 11.3 Å². The lowest BCUT2D eigenvalue weighted by atomic mass is 10.2. The molecule has 0 aliphatic rings. The van der Waals surface area contributed by atoms with E-state index in [9.17, 15) is 13.2 Å². The third kappa shape index (κ3) is 1.87. The van der Waals surface area contributed by atoms with Crippen molar-refractivity contribution in [1.29, 1.82) is 0 Å². The van der Waals surface area contributed by atoms with Crippen LogP contribution in [0.3, 0.4) is 0 Å². The van der Waals surface area contributed by atoms with Crippen molar-refractivity contribution in [3.05, 3.63) is 46.9 Å². The van der Waals surface area contributed by atoms with E-state index < -0.39 is 12.0 Å². The van der Waals surface area contributed by atoms with E-state index in [1.165, 1.54) is 11.3 Å². The number of rotatable bonds is 1. The smallest absolute Gasteiger partial charge is 0.268 e. The Kier molecular flexibility index (Phi) is 2.70. The zero-order valence-corrected chi connectivity index (χ0v) is 11.7. The third-order valence-electron chi connectivity index (χ3n) is 3.28. The SMILES string of the molecule is FC(F)(F)c1nnc2c(-c3ccsc3)nc3ccccc3n12. The van der Waals surface area contributed by atoms with Gasteiger partial charge in [0.1, 0.15) is 5.69 Å². The van der Waals surface area contributed by atoms with Gasteiger partial charge in [-0.15, -0.1) is 10.2 Å². The molecule has 3 heterocycles. The van der Waals surface area contributed by atoms with Crippen molar-refractivity contribution < 1.29 is 13.2 Å². The molecule has 0 bridgehead atoms. The fraction of sp³-hybridized carbons (Fsp3) is 0.0714. The van der Waals surface area contributed by atoms with Gasteiger partial charge >= 0.3 is 6.18 Å². The average molecular weight is 320 g/mol. The van der Waals surface area contributed by atoms with Gasteiger partial charge in [-0.25, -0.2) is 4.98 Å². The first-order valence-electron chi connectivity index (χ1n) is 6.29. The van der Waals surface area contributed by atoms with Crippen molar-refractivity contribution in [3.8, 4) is 11.3 Å². The number of nitrogens with zero attached hydrogens (tertiary/aromatic N) is 4. The van der Waals surface area contributed by atoms with Gasteiger partial charge in [0.25, 0.3) is 0 Å². The predicted octanol–water partition coefficient (Wildman–Crippen LogP) is 4.02. The molecule has 110 valence electrons. The Bertz CT molecular complexity index is 973. The summed E-state index contributed by atoms with van der Waals surface area (Å²) in [5.74, 6) is -1.04. The molecule has 0 aliphatic carbocycles. The van der Waals surface area contributed by atoms with Crippen LogP contribution in [0.1, 0.15) is 5.82 Å². The highest BCUT2D eigenvalue weighted by molar-refractivity contribution is 7.08. The zero-order chi connectivity index (χ0) is 15.3. The van der Waals surface area contributed by atoms with Gasteiger partial charge in [-0.2, -0.15) is 24.5 Å². The molecule has 0 saturated heterocycles. The number of halogens is 3. The second kappa shape index (κ2) is 4.51. The van der Waals surface area contributed by atoms with Crippen LogP contribution in [0.25, 0.3) is 27.9 Å². The Morgan fingerprint density at radius 1 is 1.05 bits per heavy atom. The van der Waals surface area contributed by atoms with Crippen LogP contribution < -0.4 is 0 Å². The van der Waals surface area contributed by atoms with E-state index in [0.29, 0.717) is 16.7 Å². The molecule has 0 spiro atoms. The maximum absolute atomic E-state index is 13.2. The van der Waals surface area contributed by atoms with Crippen LogP contribution in [0.4, 0.5) is 13.2 Å². The maximum Gasteiger partial charge on any atom is 0.452 e. The quantitative estimate of drug-likeness (QED) is 0.532. The molecule has 4 nitrogen and oxygen atoms in total. The van der Waals surface area contributed by atoms with E-state index in [4.69, 9.17) is 0 Å². The molecule has 0 atom stereocenters. The molecule has 22 heavy (non-hydrogen) atoms. The zero-order valence-electron chi connectivity index (χ0n) is 10.9. The Morgan fingerprint density at radius 2 is 1.86 bits per heavy atom. The molecule has 1 aromatic carbocycles. The first-order valence-corrected chi connectivity index (χ1v) is 7.23. The summed E-state index contributed by atoms with van der Waals surface area (Å²) in [4.78, 5) is 4.46. The Hall–Kier alpha value is -2.48.